The third kappa shape index (κ3) is 3.57. The molecule has 0 amide bonds. The molecule has 0 heterocycles. The van der Waals surface area contributed by atoms with Crippen molar-refractivity contribution in [3.63, 3.8) is 0 Å². The molecule has 5 heteroatoms. The van der Waals surface area contributed by atoms with Gasteiger partial charge in [-0.15, -0.1) is 0 Å². The van der Waals surface area contributed by atoms with Crippen LogP contribution >= 0.6 is 11.6 Å². The van der Waals surface area contributed by atoms with Crippen LogP contribution in [0.5, 0.6) is 0 Å². The first-order chi connectivity index (χ1) is 6.18. The fourth-order valence-corrected chi connectivity index (χ4v) is 0.910. The summed E-state index contributed by atoms with van der Waals surface area (Å²) in [5.41, 5.74) is 3.16. The Labute approximate surface area is 79.8 Å². The third-order valence-electron chi connectivity index (χ3n) is 1.19. The molecule has 0 unspecified atom stereocenters. The molecule has 0 fully saturated rings. The lowest BCUT2D eigenvalue weighted by Gasteiger charge is -1.98. The van der Waals surface area contributed by atoms with Gasteiger partial charge in [-0.1, -0.05) is 17.7 Å². The lowest BCUT2D eigenvalue weighted by atomic mass is 10.3. The molecular formula is C8H7ClN2O2. The topological polar surface area (TPSA) is 61.7 Å². The lowest BCUT2D eigenvalue weighted by Crippen LogP contribution is -1.98. The maximum Gasteiger partial charge on any atom is 0.348 e. The number of carboxylic acid groups (broad SMARTS) is 1. The summed E-state index contributed by atoms with van der Waals surface area (Å²) in [6.07, 6.45) is 0.765. The third-order valence-corrected chi connectivity index (χ3v) is 1.43. The normalized spacial score (nSPS) is 10.2. The van der Waals surface area contributed by atoms with Crippen LogP contribution in [-0.4, -0.2) is 17.3 Å². The van der Waals surface area contributed by atoms with Gasteiger partial charge in [0.25, 0.3) is 0 Å². The SMILES string of the molecule is O=C(O)/C=N/Nc1cccc(Cl)c1. The molecule has 1 aromatic rings. The van der Waals surface area contributed by atoms with Gasteiger partial charge in [0.15, 0.2) is 0 Å². The highest BCUT2D eigenvalue weighted by Crippen LogP contribution is 2.14. The van der Waals surface area contributed by atoms with Crippen molar-refractivity contribution >= 4 is 29.5 Å². The molecule has 1 rings (SSSR count). The van der Waals surface area contributed by atoms with E-state index >= 15 is 0 Å². The van der Waals surface area contributed by atoms with Crippen molar-refractivity contribution in [3.05, 3.63) is 29.3 Å². The van der Waals surface area contributed by atoms with Gasteiger partial charge in [-0.3, -0.25) is 5.43 Å². The number of aliphatic carboxylic acids is 1. The van der Waals surface area contributed by atoms with Crippen molar-refractivity contribution < 1.29 is 9.90 Å². The van der Waals surface area contributed by atoms with E-state index in [4.69, 9.17) is 16.7 Å². The Kier molecular flexibility index (Phi) is 3.28. The largest absolute Gasteiger partial charge is 0.477 e. The molecule has 2 N–H and O–H groups in total. The number of nitrogens with zero attached hydrogens (tertiary/aromatic N) is 1. The Hall–Kier alpha value is -1.55. The number of carbonyl (C=O) groups is 1. The fourth-order valence-electron chi connectivity index (χ4n) is 0.720. The van der Waals surface area contributed by atoms with Crippen LogP contribution in [-0.2, 0) is 4.79 Å². The fraction of sp³-hybridized carbons (Fsp3) is 0. The number of hydrazone groups is 1. The average Bonchev–Trinajstić information content (AvgIpc) is 2.03. The predicted molar refractivity (Wildman–Crippen MR) is 51.2 cm³/mol. The number of carboxylic acids is 1. The van der Waals surface area contributed by atoms with Gasteiger partial charge in [0.05, 0.1) is 5.69 Å². The van der Waals surface area contributed by atoms with Crippen LogP contribution in [0.1, 0.15) is 0 Å². The van der Waals surface area contributed by atoms with E-state index in [2.05, 4.69) is 10.5 Å². The molecule has 1 aromatic carbocycles. The highest BCUT2D eigenvalue weighted by Gasteiger charge is 1.91. The summed E-state index contributed by atoms with van der Waals surface area (Å²) in [4.78, 5) is 10.0. The quantitative estimate of drug-likeness (QED) is 0.575. The maximum atomic E-state index is 10.0. The highest BCUT2D eigenvalue weighted by atomic mass is 35.5. The molecule has 68 valence electrons. The van der Waals surface area contributed by atoms with Crippen LogP contribution in [0.3, 0.4) is 0 Å². The molecule has 4 nitrogen and oxygen atoms in total. The number of hydrogen-bond acceptors (Lipinski definition) is 3. The summed E-state index contributed by atoms with van der Waals surface area (Å²) in [5, 5.41) is 12.2. The first kappa shape index (κ1) is 9.54. The van der Waals surface area contributed by atoms with Crippen molar-refractivity contribution in [1.29, 1.82) is 0 Å². The molecule has 0 saturated heterocycles. The standard InChI is InChI=1S/C8H7ClN2O2/c9-6-2-1-3-7(4-6)11-10-5-8(12)13/h1-5,11H,(H,12,13)/b10-5+. The molecule has 0 aliphatic rings. The zero-order valence-electron chi connectivity index (χ0n) is 6.57. The Morgan fingerprint density at radius 2 is 2.38 bits per heavy atom. The first-order valence-corrected chi connectivity index (χ1v) is 3.84. The van der Waals surface area contributed by atoms with Gasteiger partial charge in [-0.25, -0.2) is 4.79 Å². The lowest BCUT2D eigenvalue weighted by molar-refractivity contribution is -0.128. The second-order valence-electron chi connectivity index (χ2n) is 2.22. The van der Waals surface area contributed by atoms with E-state index in [0.29, 0.717) is 10.7 Å². The number of hydrogen-bond donors (Lipinski definition) is 2. The Balaban J connectivity index is 2.59. The van der Waals surface area contributed by atoms with Gasteiger partial charge in [0.1, 0.15) is 6.21 Å². The predicted octanol–water partition coefficient (Wildman–Crippen LogP) is 1.82. The zero-order valence-corrected chi connectivity index (χ0v) is 7.32. The summed E-state index contributed by atoms with van der Waals surface area (Å²) >= 11 is 5.68. The van der Waals surface area contributed by atoms with E-state index in [9.17, 15) is 4.79 Å². The monoisotopic (exact) mass is 198 g/mol. The number of rotatable bonds is 3. The van der Waals surface area contributed by atoms with E-state index in [-0.39, 0.29) is 0 Å². The van der Waals surface area contributed by atoms with Crippen molar-refractivity contribution in [1.82, 2.24) is 0 Å². The van der Waals surface area contributed by atoms with Gasteiger partial charge < -0.3 is 5.11 Å². The van der Waals surface area contributed by atoms with E-state index in [1.807, 2.05) is 0 Å². The van der Waals surface area contributed by atoms with Crippen molar-refractivity contribution in [3.8, 4) is 0 Å². The summed E-state index contributed by atoms with van der Waals surface area (Å²) < 4.78 is 0. The molecular weight excluding hydrogens is 192 g/mol. The summed E-state index contributed by atoms with van der Waals surface area (Å²) in [6.45, 7) is 0. The zero-order chi connectivity index (χ0) is 9.68. The molecule has 0 atom stereocenters. The van der Waals surface area contributed by atoms with Gasteiger partial charge in [-0.05, 0) is 18.2 Å². The van der Waals surface area contributed by atoms with Gasteiger partial charge in [-0.2, -0.15) is 5.10 Å². The molecule has 0 aromatic heterocycles. The van der Waals surface area contributed by atoms with E-state index < -0.39 is 5.97 Å². The van der Waals surface area contributed by atoms with Gasteiger partial charge in [0.2, 0.25) is 0 Å². The molecule has 0 radical (unpaired) electrons. The highest BCUT2D eigenvalue weighted by molar-refractivity contribution is 6.30. The second-order valence-corrected chi connectivity index (χ2v) is 2.66. The van der Waals surface area contributed by atoms with Crippen LogP contribution < -0.4 is 5.43 Å². The van der Waals surface area contributed by atoms with Gasteiger partial charge in [0, 0.05) is 5.02 Å². The molecule has 0 bridgehead atoms. The van der Waals surface area contributed by atoms with E-state index in [1.165, 1.54) is 0 Å². The molecule has 0 saturated carbocycles. The number of benzene rings is 1. The first-order valence-electron chi connectivity index (χ1n) is 3.46. The molecule has 0 aliphatic heterocycles. The Bertz CT molecular complexity index is 339. The van der Waals surface area contributed by atoms with Crippen LogP contribution in [0.25, 0.3) is 0 Å². The summed E-state index contributed by atoms with van der Waals surface area (Å²) in [7, 11) is 0. The number of halogens is 1. The van der Waals surface area contributed by atoms with Crippen LogP contribution in [0, 0.1) is 0 Å². The van der Waals surface area contributed by atoms with Gasteiger partial charge >= 0.3 is 5.97 Å². The van der Waals surface area contributed by atoms with E-state index in [0.717, 1.165) is 6.21 Å². The minimum absolute atomic E-state index is 0.565. The van der Waals surface area contributed by atoms with Crippen LogP contribution in [0.4, 0.5) is 5.69 Å². The van der Waals surface area contributed by atoms with Crippen LogP contribution in [0.2, 0.25) is 5.02 Å². The van der Waals surface area contributed by atoms with Crippen molar-refractivity contribution in [2.75, 3.05) is 5.43 Å². The van der Waals surface area contributed by atoms with Crippen molar-refractivity contribution in [2.24, 2.45) is 5.10 Å². The molecule has 13 heavy (non-hydrogen) atoms. The number of nitrogens with one attached hydrogen (secondary N) is 1. The minimum atomic E-state index is -1.10. The molecule has 0 spiro atoms. The van der Waals surface area contributed by atoms with Crippen molar-refractivity contribution in [2.45, 2.75) is 0 Å². The minimum Gasteiger partial charge on any atom is -0.477 e. The molecule has 0 aliphatic carbocycles. The number of anilines is 1. The Morgan fingerprint density at radius 1 is 1.62 bits per heavy atom. The van der Waals surface area contributed by atoms with Crippen LogP contribution in [0.15, 0.2) is 29.4 Å². The summed E-state index contributed by atoms with van der Waals surface area (Å²) in [5.74, 6) is -1.10. The summed E-state index contributed by atoms with van der Waals surface area (Å²) in [6, 6.07) is 6.82. The smallest absolute Gasteiger partial charge is 0.348 e. The van der Waals surface area contributed by atoms with E-state index in [1.54, 1.807) is 24.3 Å². The second kappa shape index (κ2) is 4.47. The Morgan fingerprint density at radius 3 is 3.00 bits per heavy atom. The average molecular weight is 199 g/mol. The maximum absolute atomic E-state index is 10.0.